The quantitative estimate of drug-likeness (QED) is 0.802. The average molecular weight is 233 g/mol. The fourth-order valence-corrected chi connectivity index (χ4v) is 2.29. The maximum atomic E-state index is 12.3. The molecule has 1 aliphatic rings. The number of piperidine rings is 1. The van der Waals surface area contributed by atoms with Crippen LogP contribution in [0.5, 0.6) is 0 Å². The summed E-state index contributed by atoms with van der Waals surface area (Å²) in [4.78, 5) is 14.3. The third-order valence-electron chi connectivity index (χ3n) is 3.23. The largest absolute Gasteiger partial charge is 0.367 e. The zero-order chi connectivity index (χ0) is 12.1. The van der Waals surface area contributed by atoms with Crippen molar-refractivity contribution in [3.63, 3.8) is 0 Å². The van der Waals surface area contributed by atoms with Gasteiger partial charge in [-0.2, -0.15) is 0 Å². The predicted octanol–water partition coefficient (Wildman–Crippen LogP) is 2.39. The molecule has 3 heteroatoms. The van der Waals surface area contributed by atoms with Crippen molar-refractivity contribution < 1.29 is 9.53 Å². The number of ether oxygens (including phenoxy) is 1. The predicted molar refractivity (Wildman–Crippen MR) is 66.6 cm³/mol. The van der Waals surface area contributed by atoms with E-state index in [9.17, 15) is 4.79 Å². The van der Waals surface area contributed by atoms with Gasteiger partial charge >= 0.3 is 0 Å². The molecule has 1 aromatic rings. The molecule has 1 atom stereocenters. The average Bonchev–Trinajstić information content (AvgIpc) is 2.42. The molecule has 2 rings (SSSR count). The zero-order valence-corrected chi connectivity index (χ0v) is 10.3. The van der Waals surface area contributed by atoms with E-state index in [2.05, 4.69) is 0 Å². The number of hydrogen-bond acceptors (Lipinski definition) is 2. The first kappa shape index (κ1) is 12.1. The van der Waals surface area contributed by atoms with Gasteiger partial charge in [-0.15, -0.1) is 0 Å². The Balaban J connectivity index is 2.10. The molecule has 1 fully saturated rings. The van der Waals surface area contributed by atoms with Crippen LogP contribution in [0, 0.1) is 0 Å². The molecule has 92 valence electrons. The Morgan fingerprint density at radius 3 is 2.41 bits per heavy atom. The lowest BCUT2D eigenvalue weighted by Crippen LogP contribution is -2.39. The number of carbonyl (C=O) groups excluding carboxylic acids is 1. The second-order valence-corrected chi connectivity index (χ2v) is 4.41. The number of rotatable bonds is 3. The number of nitrogens with zero attached hydrogens (tertiary/aromatic N) is 1. The first-order chi connectivity index (χ1) is 8.33. The molecule has 1 saturated heterocycles. The smallest absolute Gasteiger partial charge is 0.256 e. The summed E-state index contributed by atoms with van der Waals surface area (Å²) in [6.07, 6.45) is 3.00. The van der Waals surface area contributed by atoms with Crippen molar-refractivity contribution in [3.8, 4) is 0 Å². The minimum Gasteiger partial charge on any atom is -0.367 e. The Morgan fingerprint density at radius 1 is 1.18 bits per heavy atom. The van der Waals surface area contributed by atoms with E-state index >= 15 is 0 Å². The van der Waals surface area contributed by atoms with Crippen molar-refractivity contribution in [1.82, 2.24) is 4.90 Å². The fourth-order valence-electron chi connectivity index (χ4n) is 2.29. The van der Waals surface area contributed by atoms with Crippen molar-refractivity contribution >= 4 is 5.91 Å². The lowest BCUT2D eigenvalue weighted by Gasteiger charge is -2.30. The highest BCUT2D eigenvalue weighted by atomic mass is 16.5. The van der Waals surface area contributed by atoms with Gasteiger partial charge in [-0.1, -0.05) is 30.3 Å². The van der Waals surface area contributed by atoms with Crippen molar-refractivity contribution in [2.45, 2.75) is 25.4 Å². The van der Waals surface area contributed by atoms with Gasteiger partial charge in [0.15, 0.2) is 6.10 Å². The molecule has 1 aromatic carbocycles. The lowest BCUT2D eigenvalue weighted by molar-refractivity contribution is -0.143. The van der Waals surface area contributed by atoms with Crippen LogP contribution in [0.25, 0.3) is 0 Å². The molecule has 0 aromatic heterocycles. The van der Waals surface area contributed by atoms with E-state index in [-0.39, 0.29) is 5.91 Å². The van der Waals surface area contributed by atoms with E-state index in [4.69, 9.17) is 4.74 Å². The van der Waals surface area contributed by atoms with Crippen molar-refractivity contribution in [2.24, 2.45) is 0 Å². The molecule has 0 N–H and O–H groups in total. The molecule has 1 unspecified atom stereocenters. The molecule has 0 bridgehead atoms. The summed E-state index contributed by atoms with van der Waals surface area (Å²) < 4.78 is 5.36. The van der Waals surface area contributed by atoms with Crippen molar-refractivity contribution in [1.29, 1.82) is 0 Å². The summed E-state index contributed by atoms with van der Waals surface area (Å²) in [6, 6.07) is 9.70. The Labute approximate surface area is 102 Å². The van der Waals surface area contributed by atoms with Gasteiger partial charge in [-0.3, -0.25) is 4.79 Å². The highest BCUT2D eigenvalue weighted by molar-refractivity contribution is 5.82. The van der Waals surface area contributed by atoms with Crippen LogP contribution in [0.1, 0.15) is 30.9 Å². The maximum Gasteiger partial charge on any atom is 0.256 e. The molecule has 3 nitrogen and oxygen atoms in total. The Hall–Kier alpha value is -1.35. The van der Waals surface area contributed by atoms with Crippen LogP contribution in [0.2, 0.25) is 0 Å². The second-order valence-electron chi connectivity index (χ2n) is 4.41. The van der Waals surface area contributed by atoms with Crippen molar-refractivity contribution in [3.05, 3.63) is 35.9 Å². The molecule has 0 spiro atoms. The number of carbonyl (C=O) groups is 1. The molecule has 1 heterocycles. The van der Waals surface area contributed by atoms with Crippen LogP contribution in [0.15, 0.2) is 30.3 Å². The normalized spacial score (nSPS) is 17.8. The third-order valence-corrected chi connectivity index (χ3v) is 3.23. The lowest BCUT2D eigenvalue weighted by atomic mass is 10.1. The van der Waals surface area contributed by atoms with Gasteiger partial charge in [0.05, 0.1) is 0 Å². The van der Waals surface area contributed by atoms with Gasteiger partial charge in [0.1, 0.15) is 0 Å². The van der Waals surface area contributed by atoms with E-state index in [0.717, 1.165) is 31.5 Å². The summed E-state index contributed by atoms with van der Waals surface area (Å²) in [5.41, 5.74) is 0.936. The molecule has 17 heavy (non-hydrogen) atoms. The highest BCUT2D eigenvalue weighted by Gasteiger charge is 2.26. The van der Waals surface area contributed by atoms with Gasteiger partial charge in [0.25, 0.3) is 5.91 Å². The SMILES string of the molecule is COC(C(=O)N1CCCCC1)c1ccccc1. The van der Waals surface area contributed by atoms with Gasteiger partial charge in [-0.05, 0) is 24.8 Å². The monoisotopic (exact) mass is 233 g/mol. The van der Waals surface area contributed by atoms with E-state index in [0.29, 0.717) is 0 Å². The second kappa shape index (κ2) is 5.82. The molecule has 0 aliphatic carbocycles. The number of benzene rings is 1. The molecular weight excluding hydrogens is 214 g/mol. The summed E-state index contributed by atoms with van der Waals surface area (Å²) in [5, 5.41) is 0. The third kappa shape index (κ3) is 2.86. The minimum atomic E-state index is -0.450. The van der Waals surface area contributed by atoms with Crippen LogP contribution >= 0.6 is 0 Å². The van der Waals surface area contributed by atoms with Gasteiger partial charge < -0.3 is 9.64 Å². The van der Waals surface area contributed by atoms with Crippen LogP contribution in [0.4, 0.5) is 0 Å². The van der Waals surface area contributed by atoms with Crippen molar-refractivity contribution in [2.75, 3.05) is 20.2 Å². The van der Waals surface area contributed by atoms with Gasteiger partial charge in [0, 0.05) is 20.2 Å². The molecule has 0 radical (unpaired) electrons. The Bertz CT molecular complexity index is 358. The van der Waals surface area contributed by atoms with E-state index in [1.807, 2.05) is 35.2 Å². The fraction of sp³-hybridized carbons (Fsp3) is 0.500. The number of methoxy groups -OCH3 is 1. The summed E-state index contributed by atoms with van der Waals surface area (Å²) in [5.74, 6) is 0.0957. The highest BCUT2D eigenvalue weighted by Crippen LogP contribution is 2.21. The van der Waals surface area contributed by atoms with Gasteiger partial charge in [-0.25, -0.2) is 0 Å². The summed E-state index contributed by atoms with van der Waals surface area (Å²) in [7, 11) is 1.60. The zero-order valence-electron chi connectivity index (χ0n) is 10.3. The minimum absolute atomic E-state index is 0.0957. The topological polar surface area (TPSA) is 29.5 Å². The molecular formula is C14H19NO2. The summed E-state index contributed by atoms with van der Waals surface area (Å²) >= 11 is 0. The maximum absolute atomic E-state index is 12.3. The van der Waals surface area contributed by atoms with Crippen LogP contribution in [0.3, 0.4) is 0 Å². The number of amides is 1. The number of hydrogen-bond donors (Lipinski definition) is 0. The Kier molecular flexibility index (Phi) is 4.15. The van der Waals surface area contributed by atoms with Crippen LogP contribution in [-0.4, -0.2) is 31.0 Å². The first-order valence-electron chi connectivity index (χ1n) is 6.19. The molecule has 1 amide bonds. The van der Waals surface area contributed by atoms with E-state index in [1.165, 1.54) is 6.42 Å². The van der Waals surface area contributed by atoms with Crippen LogP contribution in [-0.2, 0) is 9.53 Å². The van der Waals surface area contributed by atoms with Crippen LogP contribution < -0.4 is 0 Å². The van der Waals surface area contributed by atoms with E-state index < -0.39 is 6.10 Å². The van der Waals surface area contributed by atoms with Gasteiger partial charge in [0.2, 0.25) is 0 Å². The Morgan fingerprint density at radius 2 is 1.82 bits per heavy atom. The van der Waals surface area contributed by atoms with E-state index in [1.54, 1.807) is 7.11 Å². The summed E-state index contributed by atoms with van der Waals surface area (Å²) in [6.45, 7) is 1.73. The number of likely N-dealkylation sites (tertiary alicyclic amines) is 1. The molecule has 0 saturated carbocycles. The molecule has 1 aliphatic heterocycles. The standard InChI is InChI=1S/C14H19NO2/c1-17-13(12-8-4-2-5-9-12)14(16)15-10-6-3-7-11-15/h2,4-5,8-9,13H,3,6-7,10-11H2,1H3. The first-order valence-corrected chi connectivity index (χ1v) is 6.19.